The Morgan fingerprint density at radius 1 is 1.38 bits per heavy atom. The van der Waals surface area contributed by atoms with E-state index in [0.29, 0.717) is 0 Å². The second-order valence-corrected chi connectivity index (χ2v) is 1.57. The molecular formula is C5H11NO2. The van der Waals surface area contributed by atoms with Crippen LogP contribution in [0.4, 0.5) is 0 Å². The van der Waals surface area contributed by atoms with Gasteiger partial charge in [0.1, 0.15) is 5.71 Å². The lowest BCUT2D eigenvalue weighted by atomic mass is 10.5. The second-order valence-electron chi connectivity index (χ2n) is 1.57. The van der Waals surface area contributed by atoms with Crippen LogP contribution in [0.3, 0.4) is 0 Å². The van der Waals surface area contributed by atoms with Gasteiger partial charge in [0, 0.05) is 19.8 Å². The largest absolute Gasteiger partial charge is 0.550 e. The first-order chi connectivity index (χ1) is 3.46. The molecule has 2 N–H and O–H groups in total. The number of hydrogen-bond acceptors (Lipinski definition) is 2. The third-order valence-corrected chi connectivity index (χ3v) is 0. The van der Waals surface area contributed by atoms with E-state index in [2.05, 4.69) is 0 Å². The molecule has 0 saturated heterocycles. The summed E-state index contributed by atoms with van der Waals surface area (Å²) in [5.74, 6) is -1.08. The molecule has 0 bridgehead atoms. The van der Waals surface area contributed by atoms with Crippen LogP contribution in [0.25, 0.3) is 0 Å². The fraction of sp³-hybridized carbons (Fsp3) is 0.600. The van der Waals surface area contributed by atoms with Crippen molar-refractivity contribution >= 4 is 11.7 Å². The number of carbonyl (C=O) groups is 1. The van der Waals surface area contributed by atoms with Gasteiger partial charge in [-0.25, -0.2) is 0 Å². The van der Waals surface area contributed by atoms with Gasteiger partial charge in [0.25, 0.3) is 0 Å². The first-order valence-electron chi connectivity index (χ1n) is 2.20. The van der Waals surface area contributed by atoms with Crippen LogP contribution >= 0.6 is 0 Å². The zero-order chi connectivity index (χ0) is 7.15. The molecule has 0 aromatic rings. The van der Waals surface area contributed by atoms with Crippen LogP contribution in [0.15, 0.2) is 0 Å². The molecule has 0 aliphatic heterocycles. The summed E-state index contributed by atoms with van der Waals surface area (Å²) in [5, 5.41) is 13.9. The molecule has 0 fully saturated rings. The van der Waals surface area contributed by atoms with Gasteiger partial charge >= 0.3 is 0 Å². The molecule has 0 atom stereocenters. The lowest BCUT2D eigenvalue weighted by Crippen LogP contribution is -2.34. The van der Waals surface area contributed by atoms with Crippen LogP contribution in [0.2, 0.25) is 0 Å². The average molecular weight is 117 g/mol. The van der Waals surface area contributed by atoms with E-state index in [1.807, 2.05) is 13.8 Å². The molecule has 0 unspecified atom stereocenters. The van der Waals surface area contributed by atoms with Crippen molar-refractivity contribution in [3.63, 3.8) is 0 Å². The smallest absolute Gasteiger partial charge is 0.142 e. The molecule has 3 nitrogen and oxygen atoms in total. The van der Waals surface area contributed by atoms with Crippen molar-refractivity contribution in [3.8, 4) is 0 Å². The predicted molar refractivity (Wildman–Crippen MR) is 29.0 cm³/mol. The summed E-state index contributed by atoms with van der Waals surface area (Å²) < 4.78 is 0. The van der Waals surface area contributed by atoms with Crippen molar-refractivity contribution in [2.45, 2.75) is 20.8 Å². The molecule has 0 radical (unpaired) electrons. The van der Waals surface area contributed by atoms with Gasteiger partial charge in [-0.15, -0.1) is 0 Å². The Morgan fingerprint density at radius 2 is 1.38 bits per heavy atom. The summed E-state index contributed by atoms with van der Waals surface area (Å²) in [4.78, 5) is 8.89. The maximum absolute atomic E-state index is 8.89. The van der Waals surface area contributed by atoms with Gasteiger partial charge in [-0.2, -0.15) is 0 Å². The lowest BCUT2D eigenvalue weighted by Gasteiger charge is -1.77. The molecular weight excluding hydrogens is 106 g/mol. The van der Waals surface area contributed by atoms with Crippen LogP contribution in [0.5, 0.6) is 0 Å². The number of rotatable bonds is 0. The monoisotopic (exact) mass is 117 g/mol. The topological polar surface area (TPSA) is 65.7 Å². The Kier molecular flexibility index (Phi) is 7.82. The molecule has 0 amide bonds. The molecule has 0 saturated carbocycles. The standard InChI is InChI=1S/C3H7N.C2H4O2/c1-3(2)4;1-2(3)4/h4H,1-2H3;1H3,(H,3,4). The Labute approximate surface area is 48.8 Å². The number of nitrogens with two attached hydrogens (primary N) is 1. The summed E-state index contributed by atoms with van der Waals surface area (Å²) >= 11 is 0. The fourth-order valence-corrected chi connectivity index (χ4v) is 0. The van der Waals surface area contributed by atoms with E-state index in [4.69, 9.17) is 15.3 Å². The predicted octanol–water partition coefficient (Wildman–Crippen LogP) is -2.02. The van der Waals surface area contributed by atoms with Crippen molar-refractivity contribution in [1.29, 1.82) is 0 Å². The second kappa shape index (κ2) is 6.14. The SMILES string of the molecule is CC(=O)[O-].CC(C)=[NH2+]. The summed E-state index contributed by atoms with van der Waals surface area (Å²) in [6, 6.07) is 0. The lowest BCUT2D eigenvalue weighted by molar-refractivity contribution is -0.302. The van der Waals surface area contributed by atoms with Crippen molar-refractivity contribution in [3.05, 3.63) is 0 Å². The van der Waals surface area contributed by atoms with Crippen molar-refractivity contribution < 1.29 is 15.3 Å². The number of hydrogen-bond donors (Lipinski definition) is 1. The molecule has 3 heteroatoms. The zero-order valence-corrected chi connectivity index (χ0v) is 5.39. The molecule has 0 aromatic carbocycles. The van der Waals surface area contributed by atoms with Crippen LogP contribution in [0.1, 0.15) is 20.8 Å². The van der Waals surface area contributed by atoms with Gasteiger partial charge in [0.15, 0.2) is 0 Å². The number of aliphatic carboxylic acids is 1. The summed E-state index contributed by atoms with van der Waals surface area (Å²) in [6.07, 6.45) is 0. The van der Waals surface area contributed by atoms with E-state index >= 15 is 0 Å². The molecule has 0 heterocycles. The summed E-state index contributed by atoms with van der Waals surface area (Å²) in [7, 11) is 0. The minimum atomic E-state index is -1.08. The highest BCUT2D eigenvalue weighted by atomic mass is 16.4. The van der Waals surface area contributed by atoms with Crippen molar-refractivity contribution in [2.75, 3.05) is 0 Å². The highest BCUT2D eigenvalue weighted by Gasteiger charge is 1.64. The molecule has 0 aliphatic rings. The van der Waals surface area contributed by atoms with E-state index in [1.54, 1.807) is 0 Å². The maximum Gasteiger partial charge on any atom is 0.142 e. The van der Waals surface area contributed by atoms with E-state index in [1.165, 1.54) is 0 Å². The molecule has 8 heavy (non-hydrogen) atoms. The van der Waals surface area contributed by atoms with Gasteiger partial charge in [-0.1, -0.05) is 0 Å². The van der Waals surface area contributed by atoms with Gasteiger partial charge in [0.05, 0.1) is 0 Å². The molecule has 0 aromatic heterocycles. The minimum absolute atomic E-state index is 0.917. The first kappa shape index (κ1) is 10.2. The van der Waals surface area contributed by atoms with Gasteiger partial charge in [0.2, 0.25) is 0 Å². The quantitative estimate of drug-likeness (QED) is 0.372. The number of carbonyl (C=O) groups excluding carboxylic acids is 1. The van der Waals surface area contributed by atoms with Gasteiger partial charge < -0.3 is 9.90 Å². The van der Waals surface area contributed by atoms with Gasteiger partial charge in [-0.3, -0.25) is 5.41 Å². The Hall–Kier alpha value is -0.860. The Bertz CT molecular complexity index is 68.4. The Morgan fingerprint density at radius 3 is 1.38 bits per heavy atom. The minimum Gasteiger partial charge on any atom is -0.550 e. The molecule has 48 valence electrons. The Balaban J connectivity index is 0. The zero-order valence-electron chi connectivity index (χ0n) is 5.39. The third kappa shape index (κ3) is 119. The van der Waals surface area contributed by atoms with Crippen LogP contribution < -0.4 is 10.5 Å². The third-order valence-electron chi connectivity index (χ3n) is 0. The van der Waals surface area contributed by atoms with Crippen molar-refractivity contribution in [2.24, 2.45) is 0 Å². The first-order valence-corrected chi connectivity index (χ1v) is 2.20. The van der Waals surface area contributed by atoms with E-state index < -0.39 is 5.97 Å². The summed E-state index contributed by atoms with van der Waals surface area (Å²) in [6.45, 7) is 4.69. The van der Waals surface area contributed by atoms with E-state index in [-0.39, 0.29) is 0 Å². The number of carboxylic acids is 1. The molecule has 0 spiro atoms. The van der Waals surface area contributed by atoms with Crippen LogP contribution in [0, 0.1) is 0 Å². The highest BCUT2D eigenvalue weighted by molar-refractivity contribution is 5.72. The molecule has 0 aliphatic carbocycles. The average Bonchev–Trinajstić information content (AvgIpc) is 1.25. The van der Waals surface area contributed by atoms with Gasteiger partial charge in [-0.05, 0) is 6.92 Å². The van der Waals surface area contributed by atoms with Crippen LogP contribution in [-0.2, 0) is 4.79 Å². The highest BCUT2D eigenvalue weighted by Crippen LogP contribution is 1.43. The molecule has 0 rings (SSSR count). The fourth-order valence-electron chi connectivity index (χ4n) is 0. The summed E-state index contributed by atoms with van der Waals surface area (Å²) in [5.41, 5.74) is 0.917. The maximum atomic E-state index is 8.89. The van der Waals surface area contributed by atoms with E-state index in [9.17, 15) is 0 Å². The number of carboxylic acid groups (broad SMARTS) is 1. The van der Waals surface area contributed by atoms with Crippen LogP contribution in [-0.4, -0.2) is 11.7 Å². The van der Waals surface area contributed by atoms with Crippen molar-refractivity contribution in [1.82, 2.24) is 0 Å². The van der Waals surface area contributed by atoms with E-state index in [0.717, 1.165) is 12.6 Å². The normalized spacial score (nSPS) is 6.38.